The summed E-state index contributed by atoms with van der Waals surface area (Å²) < 4.78 is 26.2. The van der Waals surface area contributed by atoms with E-state index in [2.05, 4.69) is 9.71 Å². The van der Waals surface area contributed by atoms with Gasteiger partial charge in [0, 0.05) is 42.0 Å². The van der Waals surface area contributed by atoms with Crippen LogP contribution in [0.15, 0.2) is 34.0 Å². The molecule has 28 heavy (non-hydrogen) atoms. The van der Waals surface area contributed by atoms with Gasteiger partial charge in [0.15, 0.2) is 0 Å². The minimum Gasteiger partial charge on any atom is -0.338 e. The lowest BCUT2D eigenvalue weighted by molar-refractivity contribution is 0.0676. The highest BCUT2D eigenvalue weighted by Crippen LogP contribution is 2.26. The third kappa shape index (κ3) is 6.30. The van der Waals surface area contributed by atoms with Crippen molar-refractivity contribution in [1.82, 2.24) is 14.6 Å². The number of rotatable bonds is 7. The lowest BCUT2D eigenvalue weighted by Gasteiger charge is -2.32. The number of hydrogen-bond acceptors (Lipinski definition) is 6. The summed E-state index contributed by atoms with van der Waals surface area (Å²) in [6, 6.07) is 7.74. The van der Waals surface area contributed by atoms with Gasteiger partial charge in [-0.25, -0.2) is 18.1 Å². The van der Waals surface area contributed by atoms with Crippen LogP contribution < -0.4 is 4.72 Å². The highest BCUT2D eigenvalue weighted by Gasteiger charge is 2.25. The summed E-state index contributed by atoms with van der Waals surface area (Å²) in [5.41, 5.74) is 2.87. The molecule has 0 saturated carbocycles. The smallest absolute Gasteiger partial charge is 0.253 e. The molecule has 3 rings (SSSR count). The second kappa shape index (κ2) is 9.39. The van der Waals surface area contributed by atoms with E-state index in [4.69, 9.17) is 0 Å². The number of aromatic nitrogens is 1. The quantitative estimate of drug-likeness (QED) is 0.671. The van der Waals surface area contributed by atoms with Crippen LogP contribution in [0.5, 0.6) is 0 Å². The van der Waals surface area contributed by atoms with Gasteiger partial charge in [-0.1, -0.05) is 23.9 Å². The molecule has 2 aromatic rings. The van der Waals surface area contributed by atoms with E-state index in [1.54, 1.807) is 23.1 Å². The monoisotopic (exact) mass is 439 g/mol. The van der Waals surface area contributed by atoms with Gasteiger partial charge < -0.3 is 4.90 Å². The molecule has 1 atom stereocenters. The van der Waals surface area contributed by atoms with Crippen LogP contribution in [0, 0.1) is 12.8 Å². The van der Waals surface area contributed by atoms with Crippen LogP contribution in [-0.2, 0) is 15.8 Å². The highest BCUT2D eigenvalue weighted by atomic mass is 32.2. The lowest BCUT2D eigenvalue weighted by Crippen LogP contribution is -2.43. The number of thioether (sulfide) groups is 1. The zero-order valence-corrected chi connectivity index (χ0v) is 18.5. The first-order chi connectivity index (χ1) is 13.3. The second-order valence-corrected chi connectivity index (χ2v) is 11.0. The summed E-state index contributed by atoms with van der Waals surface area (Å²) >= 11 is 3.35. The molecule has 1 aromatic carbocycles. The first-order valence-electron chi connectivity index (χ1n) is 9.18. The molecule has 1 unspecified atom stereocenters. The van der Waals surface area contributed by atoms with E-state index in [0.717, 1.165) is 47.0 Å². The van der Waals surface area contributed by atoms with Gasteiger partial charge in [0.05, 0.1) is 6.26 Å². The molecule has 1 aromatic heterocycles. The van der Waals surface area contributed by atoms with Crippen molar-refractivity contribution in [2.45, 2.75) is 29.9 Å². The summed E-state index contributed by atoms with van der Waals surface area (Å²) in [6.45, 7) is 3.68. The molecule has 0 radical (unpaired) electrons. The van der Waals surface area contributed by atoms with E-state index in [1.807, 2.05) is 41.5 Å². The fraction of sp³-hybridized carbons (Fsp3) is 0.474. The molecule has 1 aliphatic rings. The molecule has 0 bridgehead atoms. The standard InChI is InChI=1S/C19H25N3O3S3/c1-14-12-26-19(21-14)27-13-15-5-7-17(8-6-15)18(23)22-9-3-4-16(11-22)10-20-28(2,24)25/h5-8,12,16,20H,3-4,9-11,13H2,1-2H3. The third-order valence-corrected chi connectivity index (χ3v) is 7.50. The summed E-state index contributed by atoms with van der Waals surface area (Å²) in [6.07, 6.45) is 2.98. The normalized spacial score (nSPS) is 17.6. The van der Waals surface area contributed by atoms with Crippen molar-refractivity contribution < 1.29 is 13.2 Å². The van der Waals surface area contributed by atoms with Crippen LogP contribution in [-0.4, -0.2) is 50.1 Å². The number of hydrogen-bond donors (Lipinski definition) is 1. The lowest BCUT2D eigenvalue weighted by atomic mass is 9.97. The van der Waals surface area contributed by atoms with Crippen LogP contribution in [0.1, 0.15) is 34.5 Å². The molecule has 0 spiro atoms. The van der Waals surface area contributed by atoms with Gasteiger partial charge in [0.2, 0.25) is 10.0 Å². The van der Waals surface area contributed by atoms with Crippen molar-refractivity contribution >= 4 is 39.0 Å². The Bertz CT molecular complexity index is 910. The number of nitrogens with zero attached hydrogens (tertiary/aromatic N) is 2. The third-order valence-electron chi connectivity index (χ3n) is 4.60. The van der Waals surface area contributed by atoms with Gasteiger partial charge in [-0.05, 0) is 43.4 Å². The zero-order chi connectivity index (χ0) is 20.1. The van der Waals surface area contributed by atoms with E-state index in [-0.39, 0.29) is 11.8 Å². The van der Waals surface area contributed by atoms with Crippen molar-refractivity contribution in [2.24, 2.45) is 5.92 Å². The molecule has 152 valence electrons. The first kappa shape index (κ1) is 21.3. The summed E-state index contributed by atoms with van der Waals surface area (Å²) in [4.78, 5) is 19.1. The average molecular weight is 440 g/mol. The Morgan fingerprint density at radius 2 is 2.11 bits per heavy atom. The Morgan fingerprint density at radius 1 is 1.36 bits per heavy atom. The molecule has 9 heteroatoms. The number of carbonyl (C=O) groups excluding carboxylic acids is 1. The van der Waals surface area contributed by atoms with Gasteiger partial charge in [0.25, 0.3) is 5.91 Å². The number of sulfonamides is 1. The molecule has 2 heterocycles. The second-order valence-electron chi connectivity index (χ2n) is 7.12. The number of thiazole rings is 1. The van der Waals surface area contributed by atoms with Crippen LogP contribution >= 0.6 is 23.1 Å². The largest absolute Gasteiger partial charge is 0.338 e. The molecule has 0 aliphatic carbocycles. The van der Waals surface area contributed by atoms with Crippen LogP contribution in [0.25, 0.3) is 0 Å². The van der Waals surface area contributed by atoms with Crippen molar-refractivity contribution in [3.63, 3.8) is 0 Å². The zero-order valence-electron chi connectivity index (χ0n) is 16.1. The summed E-state index contributed by atoms with van der Waals surface area (Å²) in [5, 5.41) is 2.04. The summed E-state index contributed by atoms with van der Waals surface area (Å²) in [7, 11) is -3.20. The molecule has 1 fully saturated rings. The van der Waals surface area contributed by atoms with Crippen LogP contribution in [0.3, 0.4) is 0 Å². The van der Waals surface area contributed by atoms with Crippen LogP contribution in [0.4, 0.5) is 0 Å². The van der Waals surface area contributed by atoms with E-state index >= 15 is 0 Å². The number of aryl methyl sites for hydroxylation is 1. The fourth-order valence-corrected chi connectivity index (χ4v) is 5.50. The number of carbonyl (C=O) groups is 1. The van der Waals surface area contributed by atoms with E-state index in [1.165, 1.54) is 0 Å². The fourth-order valence-electron chi connectivity index (χ4n) is 3.16. The molecular weight excluding hydrogens is 414 g/mol. The molecular formula is C19H25N3O3S3. The summed E-state index contributed by atoms with van der Waals surface area (Å²) in [5.74, 6) is 0.994. The Kier molecular flexibility index (Phi) is 7.14. The number of likely N-dealkylation sites (tertiary alicyclic amines) is 1. The maximum atomic E-state index is 12.8. The molecule has 1 saturated heterocycles. The predicted octanol–water partition coefficient (Wildman–Crippen LogP) is 3.15. The number of benzene rings is 1. The number of nitrogens with one attached hydrogen (secondary N) is 1. The van der Waals surface area contributed by atoms with E-state index in [9.17, 15) is 13.2 Å². The van der Waals surface area contributed by atoms with Crippen molar-refractivity contribution in [2.75, 3.05) is 25.9 Å². The number of amides is 1. The predicted molar refractivity (Wildman–Crippen MR) is 114 cm³/mol. The topological polar surface area (TPSA) is 79.4 Å². The van der Waals surface area contributed by atoms with E-state index in [0.29, 0.717) is 18.7 Å². The van der Waals surface area contributed by atoms with Gasteiger partial charge >= 0.3 is 0 Å². The number of piperidine rings is 1. The first-order valence-corrected chi connectivity index (χ1v) is 12.9. The van der Waals surface area contributed by atoms with Gasteiger partial charge in [-0.15, -0.1) is 11.3 Å². The Balaban J connectivity index is 1.54. The molecule has 1 amide bonds. The minimum absolute atomic E-state index is 0.0128. The van der Waals surface area contributed by atoms with Crippen molar-refractivity contribution in [3.8, 4) is 0 Å². The highest BCUT2D eigenvalue weighted by molar-refractivity contribution is 8.00. The minimum atomic E-state index is -3.20. The molecule has 6 nitrogen and oxygen atoms in total. The maximum Gasteiger partial charge on any atom is 0.253 e. The van der Waals surface area contributed by atoms with Gasteiger partial charge in [0.1, 0.15) is 4.34 Å². The molecule has 1 N–H and O–H groups in total. The van der Waals surface area contributed by atoms with Crippen LogP contribution in [0.2, 0.25) is 0 Å². The van der Waals surface area contributed by atoms with Crippen molar-refractivity contribution in [1.29, 1.82) is 0 Å². The van der Waals surface area contributed by atoms with Gasteiger partial charge in [-0.3, -0.25) is 4.79 Å². The molecule has 1 aliphatic heterocycles. The Morgan fingerprint density at radius 3 is 2.75 bits per heavy atom. The average Bonchev–Trinajstić information content (AvgIpc) is 3.09. The Labute approximate surface area is 174 Å². The van der Waals surface area contributed by atoms with Gasteiger partial charge in [-0.2, -0.15) is 0 Å². The maximum absolute atomic E-state index is 12.8. The van der Waals surface area contributed by atoms with E-state index < -0.39 is 10.0 Å². The Hall–Kier alpha value is -1.42. The SMILES string of the molecule is Cc1csc(SCc2ccc(C(=O)N3CCCC(CNS(C)(=O)=O)C3)cc2)n1. The van der Waals surface area contributed by atoms with Crippen molar-refractivity contribution in [3.05, 3.63) is 46.5 Å².